The van der Waals surface area contributed by atoms with Crippen LogP contribution in [-0.4, -0.2) is 28.6 Å². The van der Waals surface area contributed by atoms with Crippen LogP contribution in [0, 0.1) is 5.41 Å². The van der Waals surface area contributed by atoms with Gasteiger partial charge in [-0.15, -0.1) is 0 Å². The van der Waals surface area contributed by atoms with Gasteiger partial charge in [0.15, 0.2) is 0 Å². The Kier molecular flexibility index (Phi) is 2.78. The first-order chi connectivity index (χ1) is 5.90. The zero-order chi connectivity index (χ0) is 10.1. The molecule has 0 radical (unpaired) electrons. The van der Waals surface area contributed by atoms with Crippen LogP contribution in [0.15, 0.2) is 0 Å². The fourth-order valence-corrected chi connectivity index (χ4v) is 1.90. The number of nitrogens with one attached hydrogen (secondary N) is 1. The summed E-state index contributed by atoms with van der Waals surface area (Å²) in [6.07, 6.45) is 3.22. The van der Waals surface area contributed by atoms with Gasteiger partial charge < -0.3 is 15.3 Å². The van der Waals surface area contributed by atoms with E-state index in [-0.39, 0.29) is 11.7 Å². The Morgan fingerprint density at radius 1 is 1.54 bits per heavy atom. The molecule has 2 N–H and O–H groups in total. The van der Waals surface area contributed by atoms with Gasteiger partial charge in [0.2, 0.25) is 0 Å². The molecule has 0 spiro atoms. The van der Waals surface area contributed by atoms with Crippen LogP contribution in [0.2, 0.25) is 0 Å². The second-order valence-electron chi connectivity index (χ2n) is 4.62. The molecule has 1 heterocycles. The van der Waals surface area contributed by atoms with Crippen molar-refractivity contribution in [2.75, 3.05) is 0 Å². The average Bonchev–Trinajstić information content (AvgIpc) is 1.97. The summed E-state index contributed by atoms with van der Waals surface area (Å²) < 4.78 is 5.81. The van der Waals surface area contributed by atoms with E-state index in [1.54, 1.807) is 0 Å². The highest BCUT2D eigenvalue weighted by atomic mass is 16.5. The Morgan fingerprint density at radius 2 is 2.15 bits per heavy atom. The molecule has 0 aromatic heterocycles. The Hall–Kier alpha value is -0.410. The molecule has 3 heteroatoms. The van der Waals surface area contributed by atoms with Crippen LogP contribution in [0.25, 0.3) is 0 Å². The van der Waals surface area contributed by atoms with Crippen molar-refractivity contribution < 1.29 is 9.84 Å². The van der Waals surface area contributed by atoms with E-state index in [1.165, 1.54) is 6.21 Å². The second kappa shape index (κ2) is 3.39. The number of rotatable bonds is 2. The molecule has 0 aliphatic carbocycles. The molecule has 0 bridgehead atoms. The molecule has 2 atom stereocenters. The van der Waals surface area contributed by atoms with E-state index in [2.05, 4.69) is 0 Å². The summed E-state index contributed by atoms with van der Waals surface area (Å²) in [5, 5.41) is 16.7. The molecule has 1 aliphatic heterocycles. The SMILES string of the molecule is CC1(CC=N)CCC(O)C(C)(C)O1. The summed E-state index contributed by atoms with van der Waals surface area (Å²) in [5.41, 5.74) is -0.736. The van der Waals surface area contributed by atoms with Gasteiger partial charge in [0, 0.05) is 6.42 Å². The van der Waals surface area contributed by atoms with E-state index in [4.69, 9.17) is 10.1 Å². The Labute approximate surface area is 79.6 Å². The van der Waals surface area contributed by atoms with Gasteiger partial charge in [-0.3, -0.25) is 0 Å². The third kappa shape index (κ3) is 2.29. The number of hydrogen-bond donors (Lipinski definition) is 2. The highest BCUT2D eigenvalue weighted by molar-refractivity contribution is 5.54. The van der Waals surface area contributed by atoms with Crippen molar-refractivity contribution in [3.8, 4) is 0 Å². The first kappa shape index (κ1) is 10.7. The first-order valence-electron chi connectivity index (χ1n) is 4.77. The number of aliphatic hydroxyl groups excluding tert-OH is 1. The molecule has 13 heavy (non-hydrogen) atoms. The molecular formula is C10H19NO2. The maximum Gasteiger partial charge on any atom is 0.0891 e. The molecule has 76 valence electrons. The van der Waals surface area contributed by atoms with Gasteiger partial charge in [-0.05, 0) is 39.8 Å². The molecular weight excluding hydrogens is 166 g/mol. The topological polar surface area (TPSA) is 53.3 Å². The largest absolute Gasteiger partial charge is 0.390 e. The third-order valence-electron chi connectivity index (χ3n) is 2.79. The predicted molar refractivity (Wildman–Crippen MR) is 52.2 cm³/mol. The lowest BCUT2D eigenvalue weighted by Gasteiger charge is -2.45. The van der Waals surface area contributed by atoms with Gasteiger partial charge in [0.05, 0.1) is 17.3 Å². The fraction of sp³-hybridized carbons (Fsp3) is 0.900. The van der Waals surface area contributed by atoms with E-state index in [1.807, 2.05) is 20.8 Å². The molecule has 1 fully saturated rings. The van der Waals surface area contributed by atoms with Gasteiger partial charge in [-0.2, -0.15) is 0 Å². The maximum atomic E-state index is 9.66. The minimum Gasteiger partial charge on any atom is -0.390 e. The Morgan fingerprint density at radius 3 is 2.62 bits per heavy atom. The quantitative estimate of drug-likeness (QED) is 0.644. The van der Waals surface area contributed by atoms with Crippen LogP contribution in [0.5, 0.6) is 0 Å². The van der Waals surface area contributed by atoms with Crippen LogP contribution in [-0.2, 0) is 4.74 Å². The second-order valence-corrected chi connectivity index (χ2v) is 4.62. The molecule has 1 saturated heterocycles. The minimum atomic E-state index is -0.476. The molecule has 0 saturated carbocycles. The molecule has 1 aliphatic rings. The molecule has 0 aromatic rings. The van der Waals surface area contributed by atoms with Gasteiger partial charge >= 0.3 is 0 Å². The van der Waals surface area contributed by atoms with Crippen LogP contribution in [0.3, 0.4) is 0 Å². The van der Waals surface area contributed by atoms with Crippen molar-refractivity contribution in [1.29, 1.82) is 5.41 Å². The summed E-state index contributed by atoms with van der Waals surface area (Å²) in [6.45, 7) is 5.81. The van der Waals surface area contributed by atoms with Crippen molar-refractivity contribution in [2.45, 2.75) is 57.3 Å². The smallest absolute Gasteiger partial charge is 0.0891 e. The zero-order valence-electron chi connectivity index (χ0n) is 8.63. The summed E-state index contributed by atoms with van der Waals surface area (Å²) in [5.74, 6) is 0. The molecule has 2 unspecified atom stereocenters. The van der Waals surface area contributed by atoms with Gasteiger partial charge in [-0.25, -0.2) is 0 Å². The van der Waals surface area contributed by atoms with E-state index in [0.29, 0.717) is 6.42 Å². The molecule has 3 nitrogen and oxygen atoms in total. The van der Waals surface area contributed by atoms with E-state index < -0.39 is 5.60 Å². The van der Waals surface area contributed by atoms with Crippen molar-refractivity contribution in [1.82, 2.24) is 0 Å². The van der Waals surface area contributed by atoms with Crippen LogP contribution >= 0.6 is 0 Å². The number of ether oxygens (including phenoxy) is 1. The van der Waals surface area contributed by atoms with E-state index >= 15 is 0 Å². The van der Waals surface area contributed by atoms with E-state index in [9.17, 15) is 5.11 Å². The normalized spacial score (nSPS) is 38.6. The number of hydrogen-bond acceptors (Lipinski definition) is 3. The predicted octanol–water partition coefficient (Wildman–Crippen LogP) is 1.73. The van der Waals surface area contributed by atoms with Crippen LogP contribution < -0.4 is 0 Å². The molecule has 0 amide bonds. The molecule has 1 rings (SSSR count). The van der Waals surface area contributed by atoms with Crippen LogP contribution in [0.1, 0.15) is 40.0 Å². The van der Waals surface area contributed by atoms with Crippen molar-refractivity contribution in [3.63, 3.8) is 0 Å². The summed E-state index contributed by atoms with van der Waals surface area (Å²) in [7, 11) is 0. The van der Waals surface area contributed by atoms with Crippen molar-refractivity contribution in [2.24, 2.45) is 0 Å². The van der Waals surface area contributed by atoms with Gasteiger partial charge in [0.25, 0.3) is 0 Å². The third-order valence-corrected chi connectivity index (χ3v) is 2.79. The monoisotopic (exact) mass is 185 g/mol. The molecule has 0 aromatic carbocycles. The highest BCUT2D eigenvalue weighted by Gasteiger charge is 2.42. The summed E-state index contributed by atoms with van der Waals surface area (Å²) in [4.78, 5) is 0. The minimum absolute atomic E-state index is 0.259. The fourth-order valence-electron chi connectivity index (χ4n) is 1.90. The number of aliphatic hydroxyl groups is 1. The maximum absolute atomic E-state index is 9.66. The van der Waals surface area contributed by atoms with Crippen molar-refractivity contribution >= 4 is 6.21 Å². The lowest BCUT2D eigenvalue weighted by Crippen LogP contribution is -2.52. The average molecular weight is 185 g/mol. The van der Waals surface area contributed by atoms with Crippen LogP contribution in [0.4, 0.5) is 0 Å². The first-order valence-corrected chi connectivity index (χ1v) is 4.77. The highest BCUT2D eigenvalue weighted by Crippen LogP contribution is 2.36. The van der Waals surface area contributed by atoms with Crippen molar-refractivity contribution in [3.05, 3.63) is 0 Å². The van der Waals surface area contributed by atoms with E-state index in [0.717, 1.165) is 12.8 Å². The lowest BCUT2D eigenvalue weighted by molar-refractivity contribution is -0.210. The summed E-state index contributed by atoms with van der Waals surface area (Å²) >= 11 is 0. The Bertz CT molecular complexity index is 203. The summed E-state index contributed by atoms with van der Waals surface area (Å²) in [6, 6.07) is 0. The van der Waals surface area contributed by atoms with Gasteiger partial charge in [0.1, 0.15) is 0 Å². The standard InChI is InChI=1S/C10H19NO2/c1-9(2)8(12)4-5-10(3,13-9)6-7-11/h7-8,11-12H,4-6H2,1-3H3. The zero-order valence-corrected chi connectivity index (χ0v) is 8.63. The van der Waals surface area contributed by atoms with Gasteiger partial charge in [-0.1, -0.05) is 0 Å². The lowest BCUT2D eigenvalue weighted by atomic mass is 9.84. The Balaban J connectivity index is 2.69.